The lowest BCUT2D eigenvalue weighted by atomic mass is 10.2. The molecule has 1 heterocycles. The Kier molecular flexibility index (Phi) is 4.12. The Bertz CT molecular complexity index is 532. The van der Waals surface area contributed by atoms with Crippen molar-refractivity contribution in [1.82, 2.24) is 4.98 Å². The molecule has 0 spiro atoms. The molecule has 0 saturated carbocycles. The van der Waals surface area contributed by atoms with E-state index in [-0.39, 0.29) is 11.6 Å². The Morgan fingerprint density at radius 1 is 1.18 bits per heavy atom. The Balaban J connectivity index is 2.07. The molecule has 17 heavy (non-hydrogen) atoms. The van der Waals surface area contributed by atoms with Crippen molar-refractivity contribution in [3.05, 3.63) is 56.9 Å². The van der Waals surface area contributed by atoms with Gasteiger partial charge in [0, 0.05) is 21.7 Å². The summed E-state index contributed by atoms with van der Waals surface area (Å²) in [7, 11) is 0. The number of hydrogen-bond donors (Lipinski definition) is 1. The van der Waals surface area contributed by atoms with Crippen LogP contribution in [0.25, 0.3) is 0 Å². The highest BCUT2D eigenvalue weighted by Gasteiger charge is 2.03. The number of anilines is 1. The van der Waals surface area contributed by atoms with Gasteiger partial charge < -0.3 is 5.32 Å². The molecule has 0 radical (unpaired) electrons. The summed E-state index contributed by atoms with van der Waals surface area (Å²) in [4.78, 5) is 3.97. The molecule has 0 fully saturated rings. The van der Waals surface area contributed by atoms with Crippen molar-refractivity contribution in [2.75, 3.05) is 5.32 Å². The highest BCUT2D eigenvalue weighted by molar-refractivity contribution is 9.10. The van der Waals surface area contributed by atoms with E-state index in [1.54, 1.807) is 6.20 Å². The monoisotopic (exact) mass is 358 g/mol. The zero-order valence-corrected chi connectivity index (χ0v) is 11.9. The second kappa shape index (κ2) is 5.60. The smallest absolute Gasteiger partial charge is 0.166 e. The first kappa shape index (κ1) is 12.5. The molecule has 2 rings (SSSR count). The summed E-state index contributed by atoms with van der Waals surface area (Å²) >= 11 is 6.55. The van der Waals surface area contributed by atoms with Crippen molar-refractivity contribution in [3.63, 3.8) is 0 Å². The molecular formula is C12H9Br2FN2. The molecule has 0 aliphatic heterocycles. The minimum atomic E-state index is -0.366. The van der Waals surface area contributed by atoms with Crippen LogP contribution in [-0.4, -0.2) is 4.98 Å². The van der Waals surface area contributed by atoms with Gasteiger partial charge in [-0.25, -0.2) is 9.37 Å². The number of halogens is 3. The van der Waals surface area contributed by atoms with Gasteiger partial charge >= 0.3 is 0 Å². The van der Waals surface area contributed by atoms with Crippen molar-refractivity contribution >= 4 is 37.7 Å². The van der Waals surface area contributed by atoms with Gasteiger partial charge in [-0.15, -0.1) is 0 Å². The molecule has 2 aromatic rings. The Morgan fingerprint density at radius 3 is 2.71 bits per heavy atom. The number of hydrogen-bond acceptors (Lipinski definition) is 2. The first-order valence-corrected chi connectivity index (χ1v) is 6.53. The van der Waals surface area contributed by atoms with Crippen LogP contribution >= 0.6 is 31.9 Å². The summed E-state index contributed by atoms with van der Waals surface area (Å²) in [6, 6.07) is 9.21. The Labute approximate surface area is 116 Å². The van der Waals surface area contributed by atoms with E-state index in [0.29, 0.717) is 11.0 Å². The van der Waals surface area contributed by atoms with Crippen LogP contribution in [-0.2, 0) is 6.54 Å². The van der Waals surface area contributed by atoms with Gasteiger partial charge in [-0.05, 0) is 39.7 Å². The number of nitrogens with zero attached hydrogens (tertiary/aromatic N) is 1. The third-order valence-electron chi connectivity index (χ3n) is 2.16. The predicted molar refractivity (Wildman–Crippen MR) is 73.4 cm³/mol. The summed E-state index contributed by atoms with van der Waals surface area (Å²) < 4.78 is 15.1. The average molecular weight is 360 g/mol. The maximum atomic E-state index is 13.5. The van der Waals surface area contributed by atoms with E-state index < -0.39 is 0 Å². The van der Waals surface area contributed by atoms with Crippen LogP contribution in [0.1, 0.15) is 5.56 Å². The average Bonchev–Trinajstić information content (AvgIpc) is 2.28. The van der Waals surface area contributed by atoms with E-state index in [9.17, 15) is 4.39 Å². The summed E-state index contributed by atoms with van der Waals surface area (Å²) in [5.41, 5.74) is 1.06. The fraction of sp³-hybridized carbons (Fsp3) is 0.0833. The standard InChI is InChI=1S/C12H9Br2FN2/c13-9-3-1-2-8(4-9)6-16-12-11(15)5-10(14)7-17-12/h1-5,7H,6H2,(H,16,17). The molecule has 2 nitrogen and oxygen atoms in total. The molecule has 5 heteroatoms. The lowest BCUT2D eigenvalue weighted by Crippen LogP contribution is -2.03. The fourth-order valence-corrected chi connectivity index (χ4v) is 2.13. The van der Waals surface area contributed by atoms with E-state index in [1.807, 2.05) is 24.3 Å². The maximum Gasteiger partial charge on any atom is 0.166 e. The number of nitrogens with one attached hydrogen (secondary N) is 1. The Hall–Kier alpha value is -0.940. The Morgan fingerprint density at radius 2 is 2.00 bits per heavy atom. The van der Waals surface area contributed by atoms with Crippen LogP contribution in [0.2, 0.25) is 0 Å². The van der Waals surface area contributed by atoms with E-state index in [4.69, 9.17) is 0 Å². The first-order chi connectivity index (χ1) is 8.15. The largest absolute Gasteiger partial charge is 0.364 e. The third kappa shape index (κ3) is 3.51. The van der Waals surface area contributed by atoms with Gasteiger partial charge in [-0.3, -0.25) is 0 Å². The van der Waals surface area contributed by atoms with Crippen molar-refractivity contribution in [2.24, 2.45) is 0 Å². The molecule has 0 amide bonds. The molecule has 0 saturated heterocycles. The maximum absolute atomic E-state index is 13.5. The molecular weight excluding hydrogens is 351 g/mol. The number of benzene rings is 1. The minimum Gasteiger partial charge on any atom is -0.364 e. The summed E-state index contributed by atoms with van der Waals surface area (Å²) in [5, 5.41) is 2.96. The fourth-order valence-electron chi connectivity index (χ4n) is 1.38. The van der Waals surface area contributed by atoms with Gasteiger partial charge in [-0.1, -0.05) is 28.1 Å². The van der Waals surface area contributed by atoms with Gasteiger partial charge in [0.25, 0.3) is 0 Å². The second-order valence-electron chi connectivity index (χ2n) is 3.47. The van der Waals surface area contributed by atoms with Crippen molar-refractivity contribution < 1.29 is 4.39 Å². The minimum absolute atomic E-state index is 0.258. The van der Waals surface area contributed by atoms with Gasteiger partial charge in [-0.2, -0.15) is 0 Å². The van der Waals surface area contributed by atoms with E-state index in [2.05, 4.69) is 42.2 Å². The summed E-state index contributed by atoms with van der Waals surface area (Å²) in [6.07, 6.45) is 1.56. The molecule has 1 N–H and O–H groups in total. The summed E-state index contributed by atoms with van der Waals surface area (Å²) in [5.74, 6) is -0.109. The molecule has 0 aliphatic rings. The lowest BCUT2D eigenvalue weighted by molar-refractivity contribution is 0.623. The van der Waals surface area contributed by atoms with Crippen LogP contribution in [0.5, 0.6) is 0 Å². The number of aromatic nitrogens is 1. The van der Waals surface area contributed by atoms with E-state index >= 15 is 0 Å². The topological polar surface area (TPSA) is 24.9 Å². The zero-order chi connectivity index (χ0) is 12.3. The molecule has 1 aromatic carbocycles. The zero-order valence-electron chi connectivity index (χ0n) is 8.75. The molecule has 0 bridgehead atoms. The molecule has 88 valence electrons. The first-order valence-electron chi connectivity index (χ1n) is 4.94. The van der Waals surface area contributed by atoms with E-state index in [0.717, 1.165) is 10.0 Å². The quantitative estimate of drug-likeness (QED) is 0.880. The van der Waals surface area contributed by atoms with Crippen LogP contribution in [0.15, 0.2) is 45.5 Å². The van der Waals surface area contributed by atoms with Crippen LogP contribution in [0.4, 0.5) is 10.2 Å². The lowest BCUT2D eigenvalue weighted by Gasteiger charge is -2.07. The molecule has 0 atom stereocenters. The summed E-state index contributed by atoms with van der Waals surface area (Å²) in [6.45, 7) is 0.533. The number of pyridine rings is 1. The van der Waals surface area contributed by atoms with Gasteiger partial charge in [0.2, 0.25) is 0 Å². The van der Waals surface area contributed by atoms with Crippen molar-refractivity contribution in [1.29, 1.82) is 0 Å². The highest BCUT2D eigenvalue weighted by Crippen LogP contribution is 2.17. The normalized spacial score (nSPS) is 10.3. The third-order valence-corrected chi connectivity index (χ3v) is 3.08. The van der Waals surface area contributed by atoms with Gasteiger partial charge in [0.15, 0.2) is 11.6 Å². The van der Waals surface area contributed by atoms with Gasteiger partial charge in [0.05, 0.1) is 0 Å². The van der Waals surface area contributed by atoms with Crippen LogP contribution in [0, 0.1) is 5.82 Å². The molecule has 0 unspecified atom stereocenters. The molecule has 0 aliphatic carbocycles. The van der Waals surface area contributed by atoms with Crippen LogP contribution < -0.4 is 5.32 Å². The molecule has 1 aromatic heterocycles. The SMILES string of the molecule is Fc1cc(Br)cnc1NCc1cccc(Br)c1. The number of rotatable bonds is 3. The predicted octanol–water partition coefficient (Wildman–Crippen LogP) is 4.36. The second-order valence-corrected chi connectivity index (χ2v) is 5.30. The van der Waals surface area contributed by atoms with Gasteiger partial charge in [0.1, 0.15) is 0 Å². The van der Waals surface area contributed by atoms with Crippen molar-refractivity contribution in [2.45, 2.75) is 6.54 Å². The van der Waals surface area contributed by atoms with Crippen molar-refractivity contribution in [3.8, 4) is 0 Å². The highest BCUT2D eigenvalue weighted by atomic mass is 79.9. The van der Waals surface area contributed by atoms with E-state index in [1.165, 1.54) is 6.07 Å². The van der Waals surface area contributed by atoms with Crippen LogP contribution in [0.3, 0.4) is 0 Å².